The molecular weight excluding hydrogens is 346 g/mol. The molecule has 0 radical (unpaired) electrons. The third kappa shape index (κ3) is 1.61. The average Bonchev–Trinajstić information content (AvgIpc) is 3.32. The zero-order valence-corrected chi connectivity index (χ0v) is 14.8. The van der Waals surface area contributed by atoms with E-state index in [0.29, 0.717) is 0 Å². The highest BCUT2D eigenvalue weighted by Crippen LogP contribution is 2.39. The summed E-state index contributed by atoms with van der Waals surface area (Å²) in [5.41, 5.74) is 6.80. The zero-order valence-electron chi connectivity index (χ0n) is 14.8. The number of hydrogen-bond acceptors (Lipinski definition) is 3. The van der Waals surface area contributed by atoms with Gasteiger partial charge in [-0.3, -0.25) is 9.38 Å². The Morgan fingerprint density at radius 2 is 1.54 bits per heavy atom. The van der Waals surface area contributed by atoms with Crippen molar-refractivity contribution in [3.63, 3.8) is 0 Å². The van der Waals surface area contributed by atoms with Gasteiger partial charge < -0.3 is 4.42 Å². The minimum Gasteiger partial charge on any atom is -0.456 e. The SMILES string of the molecule is c1ccc2c(c1)nc1c3c(ccc4oc5ccccc5c43)c3ncccc3n21. The lowest BCUT2D eigenvalue weighted by atomic mass is 10.0. The van der Waals surface area contributed by atoms with Crippen LogP contribution in [-0.4, -0.2) is 14.4 Å². The smallest absolute Gasteiger partial charge is 0.147 e. The second-order valence-electron chi connectivity index (χ2n) is 7.09. The molecule has 0 amide bonds. The van der Waals surface area contributed by atoms with Crippen molar-refractivity contribution in [1.82, 2.24) is 14.4 Å². The lowest BCUT2D eigenvalue weighted by Gasteiger charge is -2.09. The molecule has 0 spiro atoms. The molecule has 0 fully saturated rings. The number of para-hydroxylation sites is 3. The Bertz CT molecular complexity index is 1720. The quantitative estimate of drug-likeness (QED) is 0.308. The molecule has 0 atom stereocenters. The monoisotopic (exact) mass is 359 g/mol. The van der Waals surface area contributed by atoms with E-state index < -0.39 is 0 Å². The molecule has 4 aromatic heterocycles. The van der Waals surface area contributed by atoms with E-state index in [4.69, 9.17) is 14.4 Å². The third-order valence-corrected chi connectivity index (χ3v) is 5.61. The van der Waals surface area contributed by atoms with E-state index in [1.165, 1.54) is 0 Å². The molecule has 0 aliphatic carbocycles. The number of benzene rings is 3. The summed E-state index contributed by atoms with van der Waals surface area (Å²) in [7, 11) is 0. The Morgan fingerprint density at radius 1 is 0.679 bits per heavy atom. The number of rotatable bonds is 0. The first kappa shape index (κ1) is 14.2. The van der Waals surface area contributed by atoms with Crippen LogP contribution in [0.15, 0.2) is 83.4 Å². The molecule has 0 aliphatic heterocycles. The van der Waals surface area contributed by atoms with Gasteiger partial charge in [0.2, 0.25) is 0 Å². The largest absolute Gasteiger partial charge is 0.456 e. The van der Waals surface area contributed by atoms with Crippen LogP contribution in [0, 0.1) is 0 Å². The van der Waals surface area contributed by atoms with Gasteiger partial charge in [0, 0.05) is 27.7 Å². The van der Waals surface area contributed by atoms with Crippen molar-refractivity contribution in [1.29, 1.82) is 0 Å². The van der Waals surface area contributed by atoms with Crippen LogP contribution in [0.2, 0.25) is 0 Å². The first-order valence-corrected chi connectivity index (χ1v) is 9.28. The summed E-state index contributed by atoms with van der Waals surface area (Å²) in [4.78, 5) is 9.76. The lowest BCUT2D eigenvalue weighted by molar-refractivity contribution is 0.669. The molecule has 7 rings (SSSR count). The van der Waals surface area contributed by atoms with E-state index in [0.717, 1.165) is 60.4 Å². The zero-order chi connectivity index (χ0) is 18.2. The Hall–Kier alpha value is -3.92. The fraction of sp³-hybridized carbons (Fsp3) is 0. The molecule has 4 heteroatoms. The number of furan rings is 1. The van der Waals surface area contributed by atoms with Gasteiger partial charge in [-0.2, -0.15) is 0 Å². The Labute approximate surface area is 158 Å². The fourth-order valence-electron chi connectivity index (χ4n) is 4.47. The summed E-state index contributed by atoms with van der Waals surface area (Å²) >= 11 is 0. The van der Waals surface area contributed by atoms with Crippen molar-refractivity contribution in [3.05, 3.63) is 79.0 Å². The van der Waals surface area contributed by atoms with Crippen LogP contribution in [0.1, 0.15) is 0 Å². The molecule has 28 heavy (non-hydrogen) atoms. The highest BCUT2D eigenvalue weighted by molar-refractivity contribution is 6.27. The molecule has 4 nitrogen and oxygen atoms in total. The maximum absolute atomic E-state index is 6.14. The molecule has 0 N–H and O–H groups in total. The first-order chi connectivity index (χ1) is 13.9. The summed E-state index contributed by atoms with van der Waals surface area (Å²) < 4.78 is 8.36. The first-order valence-electron chi connectivity index (χ1n) is 9.28. The predicted octanol–water partition coefficient (Wildman–Crippen LogP) is 6.09. The summed E-state index contributed by atoms with van der Waals surface area (Å²) in [6, 6.07) is 24.7. The minimum absolute atomic E-state index is 0.873. The minimum atomic E-state index is 0.873. The number of pyridine rings is 2. The standard InChI is InChI=1S/C24H13N3O/c1-4-10-19-14(6-1)21-20(28-19)12-11-15-22(21)24-26-16-7-2-3-8-17(16)27(24)18-9-5-13-25-23(15)18/h1-13H. The van der Waals surface area contributed by atoms with Crippen LogP contribution in [0.3, 0.4) is 0 Å². The molecule has 0 aliphatic rings. The van der Waals surface area contributed by atoms with Crippen LogP contribution in [0.4, 0.5) is 0 Å². The molecule has 3 aromatic carbocycles. The normalized spacial score (nSPS) is 12.3. The van der Waals surface area contributed by atoms with Crippen molar-refractivity contribution >= 4 is 60.4 Å². The highest BCUT2D eigenvalue weighted by Gasteiger charge is 2.19. The van der Waals surface area contributed by atoms with Crippen LogP contribution < -0.4 is 0 Å². The van der Waals surface area contributed by atoms with Gasteiger partial charge in [0.1, 0.15) is 16.8 Å². The van der Waals surface area contributed by atoms with Crippen LogP contribution >= 0.6 is 0 Å². The predicted molar refractivity (Wildman–Crippen MR) is 113 cm³/mol. The van der Waals surface area contributed by atoms with E-state index in [-0.39, 0.29) is 0 Å². The molecule has 0 saturated heterocycles. The Balaban J connectivity index is 1.93. The Kier molecular flexibility index (Phi) is 2.46. The fourth-order valence-corrected chi connectivity index (χ4v) is 4.47. The van der Waals surface area contributed by atoms with Gasteiger partial charge in [-0.15, -0.1) is 0 Å². The third-order valence-electron chi connectivity index (χ3n) is 5.61. The van der Waals surface area contributed by atoms with Gasteiger partial charge in [-0.05, 0) is 42.5 Å². The van der Waals surface area contributed by atoms with Crippen LogP contribution in [-0.2, 0) is 0 Å². The van der Waals surface area contributed by atoms with Crippen LogP contribution in [0.25, 0.3) is 60.4 Å². The molecule has 130 valence electrons. The number of imidazole rings is 1. The number of hydrogen-bond donors (Lipinski definition) is 0. The summed E-state index contributed by atoms with van der Waals surface area (Å²) in [5.74, 6) is 0. The lowest BCUT2D eigenvalue weighted by Crippen LogP contribution is -1.93. The van der Waals surface area contributed by atoms with Crippen molar-refractivity contribution in [2.45, 2.75) is 0 Å². The van der Waals surface area contributed by atoms with E-state index >= 15 is 0 Å². The van der Waals surface area contributed by atoms with E-state index in [1.54, 1.807) is 0 Å². The summed E-state index contributed by atoms with van der Waals surface area (Å²) in [6.45, 7) is 0. The van der Waals surface area contributed by atoms with Crippen molar-refractivity contribution in [2.75, 3.05) is 0 Å². The molecule has 4 heterocycles. The second kappa shape index (κ2) is 4.87. The topological polar surface area (TPSA) is 43.3 Å². The molecular formula is C24H13N3O. The molecule has 7 aromatic rings. The van der Waals surface area contributed by atoms with Gasteiger partial charge >= 0.3 is 0 Å². The molecule has 0 saturated carbocycles. The van der Waals surface area contributed by atoms with E-state index in [2.05, 4.69) is 46.9 Å². The van der Waals surface area contributed by atoms with Gasteiger partial charge in [0.25, 0.3) is 0 Å². The molecule has 0 bridgehead atoms. The van der Waals surface area contributed by atoms with Crippen LogP contribution in [0.5, 0.6) is 0 Å². The van der Waals surface area contributed by atoms with E-state index in [9.17, 15) is 0 Å². The summed E-state index contributed by atoms with van der Waals surface area (Å²) in [5, 5.41) is 4.38. The average molecular weight is 359 g/mol. The number of aromatic nitrogens is 3. The number of fused-ring (bicyclic) bond motifs is 12. The maximum atomic E-state index is 6.14. The van der Waals surface area contributed by atoms with Gasteiger partial charge in [0.15, 0.2) is 0 Å². The molecule has 0 unspecified atom stereocenters. The van der Waals surface area contributed by atoms with Crippen molar-refractivity contribution in [3.8, 4) is 0 Å². The highest BCUT2D eigenvalue weighted by atomic mass is 16.3. The Morgan fingerprint density at radius 3 is 2.54 bits per heavy atom. The second-order valence-corrected chi connectivity index (χ2v) is 7.09. The van der Waals surface area contributed by atoms with Crippen molar-refractivity contribution in [2.24, 2.45) is 0 Å². The maximum Gasteiger partial charge on any atom is 0.147 e. The van der Waals surface area contributed by atoms with Gasteiger partial charge in [-0.1, -0.05) is 30.3 Å². The van der Waals surface area contributed by atoms with Crippen molar-refractivity contribution < 1.29 is 4.42 Å². The van der Waals surface area contributed by atoms with E-state index in [1.807, 2.05) is 36.5 Å². The number of nitrogens with zero attached hydrogens (tertiary/aromatic N) is 3. The van der Waals surface area contributed by atoms with Gasteiger partial charge in [-0.25, -0.2) is 4.98 Å². The summed E-state index contributed by atoms with van der Waals surface area (Å²) in [6.07, 6.45) is 1.85. The van der Waals surface area contributed by atoms with Gasteiger partial charge in [0.05, 0.1) is 22.1 Å².